The maximum Gasteiger partial charge on any atom is 0.208 e. The van der Waals surface area contributed by atoms with Crippen molar-refractivity contribution in [1.29, 1.82) is 0 Å². The van der Waals surface area contributed by atoms with Gasteiger partial charge in [-0.05, 0) is 33.7 Å². The minimum absolute atomic E-state index is 0.0699. The summed E-state index contributed by atoms with van der Waals surface area (Å²) in [4.78, 5) is 4.11. The van der Waals surface area contributed by atoms with E-state index >= 15 is 0 Å². The molecule has 0 saturated heterocycles. The van der Waals surface area contributed by atoms with Crippen LogP contribution in [0.25, 0.3) is 0 Å². The van der Waals surface area contributed by atoms with Gasteiger partial charge >= 0.3 is 0 Å². The molecule has 0 saturated carbocycles. The molecule has 86 valence electrons. The molecule has 0 aliphatic heterocycles. The van der Waals surface area contributed by atoms with Crippen molar-refractivity contribution in [2.75, 3.05) is 13.7 Å². The molecule has 1 N–H and O–H groups in total. The fraction of sp³-hybridized carbons (Fsp3) is 0.727. The first kappa shape index (κ1) is 12.2. The number of nitrogens with one attached hydrogen (secondary N) is 1. The quantitative estimate of drug-likeness (QED) is 0.731. The third-order valence-electron chi connectivity index (χ3n) is 2.40. The van der Waals surface area contributed by atoms with Crippen molar-refractivity contribution < 1.29 is 9.15 Å². The number of methoxy groups -OCH3 is 1. The standard InChI is InChI=1S/C11H20N2O2/c1-9-7-13-10(15-9)8-12-6-5-11(2,3)14-4/h7,12H,5-6,8H2,1-4H3. The maximum absolute atomic E-state index is 5.34. The summed E-state index contributed by atoms with van der Waals surface area (Å²) in [6.45, 7) is 7.61. The molecule has 15 heavy (non-hydrogen) atoms. The number of rotatable bonds is 6. The van der Waals surface area contributed by atoms with Gasteiger partial charge in [0.1, 0.15) is 5.76 Å². The summed E-state index contributed by atoms with van der Waals surface area (Å²) < 4.78 is 10.7. The smallest absolute Gasteiger partial charge is 0.208 e. The Morgan fingerprint density at radius 2 is 2.27 bits per heavy atom. The molecule has 0 amide bonds. The second-order valence-electron chi connectivity index (χ2n) is 4.26. The Morgan fingerprint density at radius 3 is 2.80 bits per heavy atom. The molecule has 1 heterocycles. The maximum atomic E-state index is 5.34. The Morgan fingerprint density at radius 1 is 1.53 bits per heavy atom. The van der Waals surface area contributed by atoms with Crippen LogP contribution in [0.5, 0.6) is 0 Å². The van der Waals surface area contributed by atoms with Crippen LogP contribution in [0.4, 0.5) is 0 Å². The van der Waals surface area contributed by atoms with E-state index in [1.807, 2.05) is 6.92 Å². The molecule has 4 heteroatoms. The van der Waals surface area contributed by atoms with Gasteiger partial charge in [-0.1, -0.05) is 0 Å². The van der Waals surface area contributed by atoms with E-state index in [1.165, 1.54) is 0 Å². The lowest BCUT2D eigenvalue weighted by atomic mass is 10.1. The van der Waals surface area contributed by atoms with Crippen molar-refractivity contribution in [1.82, 2.24) is 10.3 Å². The first-order valence-corrected chi connectivity index (χ1v) is 5.21. The van der Waals surface area contributed by atoms with Gasteiger partial charge in [0.25, 0.3) is 0 Å². The molecule has 1 rings (SSSR count). The second kappa shape index (κ2) is 5.28. The first-order valence-electron chi connectivity index (χ1n) is 5.21. The van der Waals surface area contributed by atoms with Crippen LogP contribution in [0.1, 0.15) is 31.9 Å². The zero-order chi connectivity index (χ0) is 11.3. The number of oxazole rings is 1. The van der Waals surface area contributed by atoms with E-state index < -0.39 is 0 Å². The van der Waals surface area contributed by atoms with Crippen molar-refractivity contribution in [3.63, 3.8) is 0 Å². The number of hydrogen-bond acceptors (Lipinski definition) is 4. The molecule has 0 aliphatic carbocycles. The highest BCUT2D eigenvalue weighted by Gasteiger charge is 2.15. The number of aryl methyl sites for hydroxylation is 1. The largest absolute Gasteiger partial charge is 0.445 e. The Hall–Kier alpha value is -0.870. The molecular weight excluding hydrogens is 192 g/mol. The average Bonchev–Trinajstić information content (AvgIpc) is 2.59. The first-order chi connectivity index (χ1) is 7.03. The van der Waals surface area contributed by atoms with Gasteiger partial charge in [-0.3, -0.25) is 0 Å². The molecule has 1 aromatic rings. The highest BCUT2D eigenvalue weighted by atomic mass is 16.5. The predicted molar refractivity (Wildman–Crippen MR) is 58.7 cm³/mol. The summed E-state index contributed by atoms with van der Waals surface area (Å²) in [6.07, 6.45) is 2.69. The molecule has 0 unspecified atom stereocenters. The minimum atomic E-state index is -0.0699. The van der Waals surface area contributed by atoms with Crippen LogP contribution in [0.15, 0.2) is 10.6 Å². The van der Waals surface area contributed by atoms with Crippen LogP contribution in [0, 0.1) is 6.92 Å². The predicted octanol–water partition coefficient (Wildman–Crippen LogP) is 1.89. The highest BCUT2D eigenvalue weighted by molar-refractivity contribution is 4.90. The molecule has 1 aromatic heterocycles. The van der Waals surface area contributed by atoms with Crippen molar-refractivity contribution in [3.05, 3.63) is 17.8 Å². The van der Waals surface area contributed by atoms with Gasteiger partial charge in [-0.15, -0.1) is 0 Å². The molecule has 0 fully saturated rings. The van der Waals surface area contributed by atoms with Gasteiger partial charge in [0, 0.05) is 7.11 Å². The van der Waals surface area contributed by atoms with Crippen LogP contribution >= 0.6 is 0 Å². The Balaban J connectivity index is 2.17. The lowest BCUT2D eigenvalue weighted by Crippen LogP contribution is -2.28. The zero-order valence-electron chi connectivity index (χ0n) is 9.96. The Kier molecular flexibility index (Phi) is 4.29. The van der Waals surface area contributed by atoms with Crippen molar-refractivity contribution >= 4 is 0 Å². The molecule has 0 aliphatic rings. The van der Waals surface area contributed by atoms with E-state index in [-0.39, 0.29) is 5.60 Å². The highest BCUT2D eigenvalue weighted by Crippen LogP contribution is 2.11. The number of aromatic nitrogens is 1. The SMILES string of the molecule is COC(C)(C)CCNCc1ncc(C)o1. The topological polar surface area (TPSA) is 47.3 Å². The molecule has 0 radical (unpaired) electrons. The van der Waals surface area contributed by atoms with Gasteiger partial charge in [0.15, 0.2) is 0 Å². The van der Waals surface area contributed by atoms with Gasteiger partial charge < -0.3 is 14.5 Å². The Labute approximate surface area is 91.0 Å². The average molecular weight is 212 g/mol. The number of nitrogens with zero attached hydrogens (tertiary/aromatic N) is 1. The number of ether oxygens (including phenoxy) is 1. The number of hydrogen-bond donors (Lipinski definition) is 1. The third kappa shape index (κ3) is 4.44. The van der Waals surface area contributed by atoms with E-state index in [0.717, 1.165) is 24.6 Å². The Bertz CT molecular complexity index is 295. The fourth-order valence-corrected chi connectivity index (χ4v) is 1.17. The summed E-state index contributed by atoms with van der Waals surface area (Å²) in [7, 11) is 1.73. The van der Waals surface area contributed by atoms with Crippen molar-refractivity contribution in [2.45, 2.75) is 39.3 Å². The normalized spacial score (nSPS) is 12.0. The summed E-state index contributed by atoms with van der Waals surface area (Å²) in [5.74, 6) is 1.59. The van der Waals surface area contributed by atoms with Crippen LogP contribution in [0.3, 0.4) is 0 Å². The van der Waals surface area contributed by atoms with Gasteiger partial charge in [-0.2, -0.15) is 0 Å². The van der Waals surface area contributed by atoms with Crippen molar-refractivity contribution in [3.8, 4) is 0 Å². The molecule has 0 bridgehead atoms. The van der Waals surface area contributed by atoms with Crippen LogP contribution in [-0.4, -0.2) is 24.2 Å². The van der Waals surface area contributed by atoms with E-state index in [9.17, 15) is 0 Å². The van der Waals surface area contributed by atoms with Crippen LogP contribution in [-0.2, 0) is 11.3 Å². The van der Waals surface area contributed by atoms with E-state index in [1.54, 1.807) is 13.3 Å². The summed E-state index contributed by atoms with van der Waals surface area (Å²) in [5, 5.41) is 3.27. The fourth-order valence-electron chi connectivity index (χ4n) is 1.17. The second-order valence-corrected chi connectivity index (χ2v) is 4.26. The lowest BCUT2D eigenvalue weighted by molar-refractivity contribution is 0.0157. The monoisotopic (exact) mass is 212 g/mol. The van der Waals surface area contributed by atoms with E-state index in [0.29, 0.717) is 6.54 Å². The zero-order valence-corrected chi connectivity index (χ0v) is 9.96. The molecule has 0 spiro atoms. The molecule has 0 atom stereocenters. The van der Waals surface area contributed by atoms with Crippen LogP contribution in [0.2, 0.25) is 0 Å². The van der Waals surface area contributed by atoms with Crippen molar-refractivity contribution in [2.24, 2.45) is 0 Å². The minimum Gasteiger partial charge on any atom is -0.445 e. The van der Waals surface area contributed by atoms with Gasteiger partial charge in [-0.25, -0.2) is 4.98 Å². The van der Waals surface area contributed by atoms with E-state index in [2.05, 4.69) is 24.1 Å². The summed E-state index contributed by atoms with van der Waals surface area (Å²) in [5.41, 5.74) is -0.0699. The lowest BCUT2D eigenvalue weighted by Gasteiger charge is -2.22. The van der Waals surface area contributed by atoms with Crippen LogP contribution < -0.4 is 5.32 Å². The van der Waals surface area contributed by atoms with E-state index in [4.69, 9.17) is 9.15 Å². The van der Waals surface area contributed by atoms with Gasteiger partial charge in [0.05, 0.1) is 18.3 Å². The molecule has 4 nitrogen and oxygen atoms in total. The summed E-state index contributed by atoms with van der Waals surface area (Å²) in [6, 6.07) is 0. The molecular formula is C11H20N2O2. The third-order valence-corrected chi connectivity index (χ3v) is 2.40. The summed E-state index contributed by atoms with van der Waals surface area (Å²) >= 11 is 0. The van der Waals surface area contributed by atoms with Gasteiger partial charge in [0.2, 0.25) is 5.89 Å². The molecule has 0 aromatic carbocycles.